The first-order valence-electron chi connectivity index (χ1n) is 12.1. The van der Waals surface area contributed by atoms with E-state index in [1.54, 1.807) is 6.20 Å². The average molecular weight is 481 g/mol. The van der Waals surface area contributed by atoms with Crippen LogP contribution in [0.2, 0.25) is 0 Å². The summed E-state index contributed by atoms with van der Waals surface area (Å²) in [4.78, 5) is 13.4. The summed E-state index contributed by atoms with van der Waals surface area (Å²) in [5, 5.41) is 7.84. The van der Waals surface area contributed by atoms with Crippen molar-refractivity contribution in [2.45, 2.75) is 6.42 Å². The molecule has 2 fully saturated rings. The van der Waals surface area contributed by atoms with Crippen LogP contribution in [-0.2, 0) is 9.47 Å². The van der Waals surface area contributed by atoms with Crippen LogP contribution in [0.15, 0.2) is 42.6 Å². The minimum atomic E-state index is 0.263. The molecule has 0 bridgehead atoms. The number of benzene rings is 1. The molecule has 3 N–H and O–H groups in total. The molecule has 2 aromatic heterocycles. The first kappa shape index (κ1) is 23.3. The van der Waals surface area contributed by atoms with Crippen molar-refractivity contribution >= 4 is 23.3 Å². The molecule has 5 rings (SSSR count). The second-order valence-corrected chi connectivity index (χ2v) is 8.45. The Balaban J connectivity index is 1.28. The van der Waals surface area contributed by atoms with Crippen molar-refractivity contribution in [1.82, 2.24) is 24.6 Å². The van der Waals surface area contributed by atoms with Crippen molar-refractivity contribution in [3.05, 3.63) is 42.6 Å². The SMILES string of the molecule is Nc1nc(Nc2ccc(OCCCN3CCOCC3)cc2N2CCOCC2)nn1-c1ccccn1. The van der Waals surface area contributed by atoms with Crippen LogP contribution in [0, 0.1) is 0 Å². The van der Waals surface area contributed by atoms with Gasteiger partial charge in [0.15, 0.2) is 5.82 Å². The number of hydrogen-bond donors (Lipinski definition) is 2. The number of hydrogen-bond acceptors (Lipinski definition) is 10. The lowest BCUT2D eigenvalue weighted by atomic mass is 10.2. The van der Waals surface area contributed by atoms with Gasteiger partial charge in [-0.2, -0.15) is 9.67 Å². The quantitative estimate of drug-likeness (QED) is 0.440. The molecule has 4 heterocycles. The highest BCUT2D eigenvalue weighted by Gasteiger charge is 2.18. The second kappa shape index (κ2) is 11.3. The summed E-state index contributed by atoms with van der Waals surface area (Å²) in [7, 11) is 0. The Labute approximate surface area is 204 Å². The molecule has 0 spiro atoms. The number of nitrogens with one attached hydrogen (secondary N) is 1. The molecule has 11 heteroatoms. The van der Waals surface area contributed by atoms with Gasteiger partial charge in [-0.15, -0.1) is 5.10 Å². The number of morpholine rings is 2. The van der Waals surface area contributed by atoms with Crippen LogP contribution in [0.1, 0.15) is 6.42 Å². The monoisotopic (exact) mass is 480 g/mol. The minimum absolute atomic E-state index is 0.263. The van der Waals surface area contributed by atoms with Crippen molar-refractivity contribution < 1.29 is 14.2 Å². The van der Waals surface area contributed by atoms with E-state index in [2.05, 4.69) is 36.2 Å². The van der Waals surface area contributed by atoms with E-state index in [1.165, 1.54) is 4.68 Å². The Morgan fingerprint density at radius 2 is 1.80 bits per heavy atom. The van der Waals surface area contributed by atoms with E-state index >= 15 is 0 Å². The number of nitrogens with two attached hydrogens (primary N) is 1. The molecule has 3 aromatic rings. The van der Waals surface area contributed by atoms with Gasteiger partial charge in [0, 0.05) is 45.0 Å². The minimum Gasteiger partial charge on any atom is -0.493 e. The summed E-state index contributed by atoms with van der Waals surface area (Å²) >= 11 is 0. The normalized spacial score (nSPS) is 16.9. The van der Waals surface area contributed by atoms with E-state index in [-0.39, 0.29) is 5.95 Å². The first-order valence-corrected chi connectivity index (χ1v) is 12.1. The largest absolute Gasteiger partial charge is 0.493 e. The zero-order valence-corrected chi connectivity index (χ0v) is 19.8. The van der Waals surface area contributed by atoms with Crippen molar-refractivity contribution in [3.63, 3.8) is 0 Å². The summed E-state index contributed by atoms with van der Waals surface area (Å²) in [5.41, 5.74) is 8.01. The maximum absolute atomic E-state index is 6.11. The van der Waals surface area contributed by atoms with Gasteiger partial charge in [0.2, 0.25) is 11.9 Å². The van der Waals surface area contributed by atoms with Crippen molar-refractivity contribution in [2.75, 3.05) is 81.7 Å². The third kappa shape index (κ3) is 5.99. The number of pyridine rings is 1. The Morgan fingerprint density at radius 1 is 1.00 bits per heavy atom. The van der Waals surface area contributed by atoms with Crippen molar-refractivity contribution in [1.29, 1.82) is 0 Å². The molecule has 0 unspecified atom stereocenters. The summed E-state index contributed by atoms with van der Waals surface area (Å²) in [6.07, 6.45) is 2.67. The summed E-state index contributed by atoms with van der Waals surface area (Å²) in [6.45, 7) is 8.28. The lowest BCUT2D eigenvalue weighted by molar-refractivity contribution is 0.0358. The fourth-order valence-corrected chi connectivity index (χ4v) is 4.22. The zero-order chi connectivity index (χ0) is 23.9. The summed E-state index contributed by atoms with van der Waals surface area (Å²) in [6, 6.07) is 11.6. The molecule has 0 atom stereocenters. The molecule has 0 aliphatic carbocycles. The van der Waals surface area contributed by atoms with E-state index in [0.29, 0.717) is 31.6 Å². The van der Waals surface area contributed by atoms with Crippen molar-refractivity contribution in [2.24, 2.45) is 0 Å². The highest BCUT2D eigenvalue weighted by Crippen LogP contribution is 2.33. The molecule has 2 saturated heterocycles. The van der Waals surface area contributed by atoms with Crippen LogP contribution in [0.3, 0.4) is 0 Å². The van der Waals surface area contributed by atoms with E-state index in [9.17, 15) is 0 Å². The molecule has 11 nitrogen and oxygen atoms in total. The lowest BCUT2D eigenvalue weighted by Crippen LogP contribution is -2.37. The molecule has 186 valence electrons. The highest BCUT2D eigenvalue weighted by atomic mass is 16.5. The van der Waals surface area contributed by atoms with Gasteiger partial charge in [-0.1, -0.05) is 6.07 Å². The maximum Gasteiger partial charge on any atom is 0.248 e. The topological polar surface area (TPSA) is 116 Å². The number of nitrogens with zero attached hydrogens (tertiary/aromatic N) is 6. The van der Waals surface area contributed by atoms with Gasteiger partial charge in [0.1, 0.15) is 5.75 Å². The molecule has 35 heavy (non-hydrogen) atoms. The van der Waals surface area contributed by atoms with Gasteiger partial charge in [-0.25, -0.2) is 4.98 Å². The lowest BCUT2D eigenvalue weighted by Gasteiger charge is -2.31. The van der Waals surface area contributed by atoms with Gasteiger partial charge in [0.25, 0.3) is 0 Å². The average Bonchev–Trinajstić information content (AvgIpc) is 3.28. The van der Waals surface area contributed by atoms with Gasteiger partial charge in [0.05, 0.1) is 44.4 Å². The molecular weight excluding hydrogens is 448 g/mol. The molecular formula is C24H32N8O3. The number of rotatable bonds is 9. The van der Waals surface area contributed by atoms with E-state index < -0.39 is 0 Å². The maximum atomic E-state index is 6.11. The van der Waals surface area contributed by atoms with Crippen LogP contribution in [0.4, 0.5) is 23.3 Å². The van der Waals surface area contributed by atoms with Crippen LogP contribution in [0.25, 0.3) is 5.82 Å². The number of ether oxygens (including phenoxy) is 3. The number of anilines is 4. The van der Waals surface area contributed by atoms with E-state index in [1.807, 2.05) is 30.3 Å². The predicted molar refractivity (Wildman–Crippen MR) is 134 cm³/mol. The van der Waals surface area contributed by atoms with E-state index in [4.69, 9.17) is 19.9 Å². The Kier molecular flexibility index (Phi) is 7.56. The first-order chi connectivity index (χ1) is 17.3. The molecule has 1 aromatic carbocycles. The van der Waals surface area contributed by atoms with Crippen LogP contribution in [0.5, 0.6) is 5.75 Å². The van der Waals surface area contributed by atoms with Gasteiger partial charge < -0.3 is 30.2 Å². The highest BCUT2D eigenvalue weighted by molar-refractivity contribution is 5.75. The molecule has 0 amide bonds. The second-order valence-electron chi connectivity index (χ2n) is 8.45. The number of aromatic nitrogens is 4. The molecule has 2 aliphatic heterocycles. The van der Waals surface area contributed by atoms with E-state index in [0.717, 1.165) is 69.5 Å². The summed E-state index contributed by atoms with van der Waals surface area (Å²) < 4.78 is 18.6. The van der Waals surface area contributed by atoms with Gasteiger partial charge >= 0.3 is 0 Å². The molecule has 0 saturated carbocycles. The zero-order valence-electron chi connectivity index (χ0n) is 19.8. The fraction of sp³-hybridized carbons (Fsp3) is 0.458. The smallest absolute Gasteiger partial charge is 0.248 e. The molecule has 0 radical (unpaired) electrons. The third-order valence-electron chi connectivity index (χ3n) is 6.06. The Bertz CT molecular complexity index is 1080. The van der Waals surface area contributed by atoms with Crippen LogP contribution in [-0.4, -0.2) is 90.4 Å². The van der Waals surface area contributed by atoms with Crippen LogP contribution >= 0.6 is 0 Å². The fourth-order valence-electron chi connectivity index (χ4n) is 4.22. The Morgan fingerprint density at radius 3 is 2.57 bits per heavy atom. The predicted octanol–water partition coefficient (Wildman–Crippen LogP) is 1.93. The van der Waals surface area contributed by atoms with Crippen LogP contribution < -0.4 is 20.7 Å². The third-order valence-corrected chi connectivity index (χ3v) is 6.06. The Hall–Kier alpha value is -3.41. The van der Waals surface area contributed by atoms with Gasteiger partial charge in [-0.3, -0.25) is 4.90 Å². The molecule has 2 aliphatic rings. The summed E-state index contributed by atoms with van der Waals surface area (Å²) in [5.74, 6) is 2.12. The standard InChI is InChI=1S/C24H32N8O3/c25-23-28-24(29-32(23)22-4-1-2-7-26-22)27-20-6-5-19(18-21(20)31-11-16-34-17-12-31)35-13-3-8-30-9-14-33-15-10-30/h1-2,4-7,18H,3,8-17H2,(H3,25,27,28,29). The number of nitrogen functional groups attached to an aromatic ring is 1. The van der Waals surface area contributed by atoms with Crippen molar-refractivity contribution in [3.8, 4) is 11.6 Å². The van der Waals surface area contributed by atoms with Gasteiger partial charge in [-0.05, 0) is 30.7 Å².